The van der Waals surface area contributed by atoms with Crippen molar-refractivity contribution in [3.63, 3.8) is 0 Å². The van der Waals surface area contributed by atoms with E-state index in [0.717, 1.165) is 25.7 Å². The van der Waals surface area contributed by atoms with Crippen molar-refractivity contribution in [2.75, 3.05) is 13.2 Å². The maximum absolute atomic E-state index is 12.2. The number of aliphatic carboxylic acids is 1. The molecule has 0 radical (unpaired) electrons. The molecule has 4 nitrogen and oxygen atoms in total. The average Bonchev–Trinajstić information content (AvgIpc) is 2.39. The molecule has 1 saturated heterocycles. The molecule has 0 spiro atoms. The molecule has 0 unspecified atom stereocenters. The van der Waals surface area contributed by atoms with Gasteiger partial charge in [-0.15, -0.1) is 0 Å². The molecule has 2 aliphatic rings. The highest BCUT2D eigenvalue weighted by Crippen LogP contribution is 2.32. The highest BCUT2D eigenvalue weighted by molar-refractivity contribution is 5.84. The van der Waals surface area contributed by atoms with Gasteiger partial charge in [-0.05, 0) is 38.5 Å². The zero-order valence-corrected chi connectivity index (χ0v) is 10.1. The summed E-state index contributed by atoms with van der Waals surface area (Å²) >= 11 is 0. The Balaban J connectivity index is 1.83. The number of Topliss-reactive ketones (excluding diaryl/α,β-unsaturated/α-hetero) is 1. The van der Waals surface area contributed by atoms with Crippen molar-refractivity contribution in [2.24, 2.45) is 17.8 Å². The minimum atomic E-state index is -0.707. The fourth-order valence-corrected chi connectivity index (χ4v) is 2.94. The second-order valence-electron chi connectivity index (χ2n) is 5.18. The van der Waals surface area contributed by atoms with E-state index in [-0.39, 0.29) is 17.8 Å². The smallest absolute Gasteiger partial charge is 0.306 e. The summed E-state index contributed by atoms with van der Waals surface area (Å²) in [5.74, 6) is -0.309. The van der Waals surface area contributed by atoms with Gasteiger partial charge in [-0.25, -0.2) is 0 Å². The van der Waals surface area contributed by atoms with E-state index in [4.69, 9.17) is 9.84 Å². The van der Waals surface area contributed by atoms with Gasteiger partial charge >= 0.3 is 5.97 Å². The van der Waals surface area contributed by atoms with Crippen LogP contribution in [-0.4, -0.2) is 30.1 Å². The molecule has 0 aromatic carbocycles. The lowest BCUT2D eigenvalue weighted by Gasteiger charge is -2.29. The number of hydrogen-bond acceptors (Lipinski definition) is 3. The number of hydrogen-bond donors (Lipinski definition) is 1. The summed E-state index contributed by atoms with van der Waals surface area (Å²) in [7, 11) is 0. The van der Waals surface area contributed by atoms with Crippen molar-refractivity contribution in [1.29, 1.82) is 0 Å². The summed E-state index contributed by atoms with van der Waals surface area (Å²) < 4.78 is 5.26. The lowest BCUT2D eigenvalue weighted by molar-refractivity contribution is -0.144. The summed E-state index contributed by atoms with van der Waals surface area (Å²) in [4.78, 5) is 23.1. The minimum absolute atomic E-state index is 0.105. The van der Waals surface area contributed by atoms with Gasteiger partial charge < -0.3 is 9.84 Å². The van der Waals surface area contributed by atoms with Crippen molar-refractivity contribution < 1.29 is 19.4 Å². The first kappa shape index (κ1) is 12.6. The molecule has 1 aliphatic carbocycles. The monoisotopic (exact) mass is 240 g/mol. The van der Waals surface area contributed by atoms with Gasteiger partial charge in [-0.2, -0.15) is 0 Å². The molecule has 0 atom stereocenters. The molecule has 2 rings (SSSR count). The number of ether oxygens (including phenoxy) is 1. The van der Waals surface area contributed by atoms with Crippen LogP contribution in [0.3, 0.4) is 0 Å². The maximum Gasteiger partial charge on any atom is 0.306 e. The van der Waals surface area contributed by atoms with Crippen LogP contribution in [0.5, 0.6) is 0 Å². The van der Waals surface area contributed by atoms with Crippen LogP contribution in [0.1, 0.15) is 38.5 Å². The minimum Gasteiger partial charge on any atom is -0.481 e. The van der Waals surface area contributed by atoms with Crippen molar-refractivity contribution in [3.05, 3.63) is 0 Å². The van der Waals surface area contributed by atoms with Crippen LogP contribution in [0.15, 0.2) is 0 Å². The van der Waals surface area contributed by atoms with Crippen molar-refractivity contribution in [2.45, 2.75) is 38.5 Å². The Bertz CT molecular complexity index is 286. The van der Waals surface area contributed by atoms with Gasteiger partial charge in [0.05, 0.1) is 5.92 Å². The Morgan fingerprint density at radius 1 is 0.824 bits per heavy atom. The Hall–Kier alpha value is -0.900. The SMILES string of the molecule is O=C(O)C1CCC(C(=O)C2CCOCC2)CC1. The van der Waals surface area contributed by atoms with E-state index >= 15 is 0 Å². The molecular formula is C13H20O4. The predicted molar refractivity (Wildman–Crippen MR) is 61.6 cm³/mol. The van der Waals surface area contributed by atoms with Crippen molar-refractivity contribution in [1.82, 2.24) is 0 Å². The normalized spacial score (nSPS) is 31.1. The van der Waals surface area contributed by atoms with Crippen LogP contribution in [0.4, 0.5) is 0 Å². The number of carbonyl (C=O) groups excluding carboxylic acids is 1. The molecule has 0 aromatic heterocycles. The fourth-order valence-electron chi connectivity index (χ4n) is 2.94. The van der Waals surface area contributed by atoms with E-state index in [1.165, 1.54) is 0 Å². The largest absolute Gasteiger partial charge is 0.481 e. The first-order chi connectivity index (χ1) is 8.18. The summed E-state index contributed by atoms with van der Waals surface area (Å²) in [5.41, 5.74) is 0. The first-order valence-corrected chi connectivity index (χ1v) is 6.52. The number of carboxylic acids is 1. The van der Waals surface area contributed by atoms with Gasteiger partial charge in [-0.3, -0.25) is 9.59 Å². The van der Waals surface area contributed by atoms with E-state index in [9.17, 15) is 9.59 Å². The topological polar surface area (TPSA) is 63.6 Å². The van der Waals surface area contributed by atoms with E-state index in [1.54, 1.807) is 0 Å². The molecule has 0 amide bonds. The number of rotatable bonds is 3. The summed E-state index contributed by atoms with van der Waals surface area (Å²) in [6.45, 7) is 1.39. The van der Waals surface area contributed by atoms with Crippen LogP contribution in [0.25, 0.3) is 0 Å². The first-order valence-electron chi connectivity index (χ1n) is 6.52. The van der Waals surface area contributed by atoms with Gasteiger partial charge in [0.25, 0.3) is 0 Å². The van der Waals surface area contributed by atoms with E-state index in [1.807, 2.05) is 0 Å². The van der Waals surface area contributed by atoms with Crippen LogP contribution in [-0.2, 0) is 14.3 Å². The Kier molecular flexibility index (Phi) is 4.15. The zero-order valence-electron chi connectivity index (χ0n) is 10.1. The molecular weight excluding hydrogens is 220 g/mol. The second kappa shape index (κ2) is 5.63. The molecule has 1 saturated carbocycles. The Labute approximate surface area is 101 Å². The Morgan fingerprint density at radius 2 is 1.29 bits per heavy atom. The third-order valence-corrected chi connectivity index (χ3v) is 4.10. The van der Waals surface area contributed by atoms with Gasteiger partial charge in [-0.1, -0.05) is 0 Å². The predicted octanol–water partition coefficient (Wildman–Crippen LogP) is 1.87. The number of carboxylic acid groups (broad SMARTS) is 1. The van der Waals surface area contributed by atoms with Crippen molar-refractivity contribution >= 4 is 11.8 Å². The van der Waals surface area contributed by atoms with Crippen LogP contribution < -0.4 is 0 Å². The standard InChI is InChI=1S/C13H20O4/c14-12(10-5-7-17-8-6-10)9-1-3-11(4-2-9)13(15)16/h9-11H,1-8H2,(H,15,16). The van der Waals surface area contributed by atoms with Gasteiger partial charge in [0.15, 0.2) is 0 Å². The highest BCUT2D eigenvalue weighted by Gasteiger charge is 2.33. The molecule has 96 valence electrons. The molecule has 1 aliphatic heterocycles. The molecule has 4 heteroatoms. The molecule has 2 fully saturated rings. The number of carbonyl (C=O) groups is 2. The van der Waals surface area contributed by atoms with Gasteiger partial charge in [0.1, 0.15) is 5.78 Å². The molecule has 0 bridgehead atoms. The lowest BCUT2D eigenvalue weighted by Crippen LogP contribution is -2.32. The average molecular weight is 240 g/mol. The third kappa shape index (κ3) is 3.06. The second-order valence-corrected chi connectivity index (χ2v) is 5.18. The maximum atomic E-state index is 12.2. The molecule has 1 N–H and O–H groups in total. The van der Waals surface area contributed by atoms with E-state index in [0.29, 0.717) is 31.8 Å². The van der Waals surface area contributed by atoms with Crippen LogP contribution in [0, 0.1) is 17.8 Å². The van der Waals surface area contributed by atoms with E-state index in [2.05, 4.69) is 0 Å². The number of ketones is 1. The summed E-state index contributed by atoms with van der Waals surface area (Å²) in [6.07, 6.45) is 4.53. The van der Waals surface area contributed by atoms with Crippen molar-refractivity contribution in [3.8, 4) is 0 Å². The van der Waals surface area contributed by atoms with Crippen LogP contribution in [0.2, 0.25) is 0 Å². The Morgan fingerprint density at radius 3 is 1.82 bits per heavy atom. The van der Waals surface area contributed by atoms with Gasteiger partial charge in [0, 0.05) is 25.0 Å². The van der Waals surface area contributed by atoms with Crippen LogP contribution >= 0.6 is 0 Å². The fraction of sp³-hybridized carbons (Fsp3) is 0.846. The summed E-state index contributed by atoms with van der Waals surface area (Å²) in [5, 5.41) is 8.91. The quantitative estimate of drug-likeness (QED) is 0.818. The molecule has 0 aromatic rings. The molecule has 17 heavy (non-hydrogen) atoms. The highest BCUT2D eigenvalue weighted by atomic mass is 16.5. The lowest BCUT2D eigenvalue weighted by atomic mass is 9.76. The third-order valence-electron chi connectivity index (χ3n) is 4.10. The zero-order chi connectivity index (χ0) is 12.3. The van der Waals surface area contributed by atoms with Gasteiger partial charge in [0.2, 0.25) is 0 Å². The molecule has 1 heterocycles. The summed E-state index contributed by atoms with van der Waals surface area (Å²) in [6, 6.07) is 0. The van der Waals surface area contributed by atoms with E-state index < -0.39 is 5.97 Å².